The summed E-state index contributed by atoms with van der Waals surface area (Å²) in [7, 11) is 0. The Bertz CT molecular complexity index is 1660. The van der Waals surface area contributed by atoms with Gasteiger partial charge < -0.3 is 10.6 Å². The first-order chi connectivity index (χ1) is 20.7. The molecule has 1 atom stereocenters. The van der Waals surface area contributed by atoms with E-state index < -0.39 is 23.8 Å². The number of aryl methyl sites for hydroxylation is 1. The number of hydrogen-bond donors (Lipinski definition) is 2. The molecule has 5 aromatic rings. The Morgan fingerprint density at radius 3 is 2.19 bits per heavy atom. The van der Waals surface area contributed by atoms with Crippen LogP contribution < -0.4 is 10.6 Å². The molecule has 11 heteroatoms. The maximum atomic E-state index is 13.4. The highest BCUT2D eigenvalue weighted by molar-refractivity contribution is 7.98. The molecule has 2 amide bonds. The van der Waals surface area contributed by atoms with E-state index in [-0.39, 0.29) is 11.5 Å². The predicted molar refractivity (Wildman–Crippen MR) is 159 cm³/mol. The fourth-order valence-corrected chi connectivity index (χ4v) is 5.30. The normalized spacial score (nSPS) is 12.1. The van der Waals surface area contributed by atoms with Gasteiger partial charge in [-0.3, -0.25) is 4.57 Å². The summed E-state index contributed by atoms with van der Waals surface area (Å²) in [6.45, 7) is 1.98. The lowest BCUT2D eigenvalue weighted by molar-refractivity contribution is -0.137. The number of aromatic nitrogens is 3. The van der Waals surface area contributed by atoms with Gasteiger partial charge in [-0.05, 0) is 66.6 Å². The second-order valence-electron chi connectivity index (χ2n) is 9.84. The summed E-state index contributed by atoms with van der Waals surface area (Å²) in [6, 6.07) is 26.5. The molecule has 0 aliphatic carbocycles. The lowest BCUT2D eigenvalue weighted by Gasteiger charge is -2.21. The smallest absolute Gasteiger partial charge is 0.327 e. The van der Waals surface area contributed by atoms with Crippen LogP contribution in [0, 0.1) is 12.7 Å². The van der Waals surface area contributed by atoms with Crippen molar-refractivity contribution in [2.24, 2.45) is 0 Å². The third-order valence-corrected chi connectivity index (χ3v) is 7.60. The number of nitrogens with one attached hydrogen (secondary N) is 2. The number of hydrogen-bond acceptors (Lipinski definition) is 4. The van der Waals surface area contributed by atoms with Gasteiger partial charge in [0.2, 0.25) is 0 Å². The summed E-state index contributed by atoms with van der Waals surface area (Å²) >= 11 is 1.42. The quantitative estimate of drug-likeness (QED) is 0.131. The minimum absolute atomic E-state index is 0.208. The van der Waals surface area contributed by atoms with Gasteiger partial charge in [-0.15, -0.1) is 10.2 Å². The Morgan fingerprint density at radius 2 is 1.53 bits per heavy atom. The van der Waals surface area contributed by atoms with E-state index in [1.807, 2.05) is 66.1 Å². The predicted octanol–water partition coefficient (Wildman–Crippen LogP) is 8.13. The molecule has 4 aromatic carbocycles. The van der Waals surface area contributed by atoms with Crippen LogP contribution in [0.5, 0.6) is 0 Å². The van der Waals surface area contributed by atoms with E-state index in [0.717, 1.165) is 34.5 Å². The Labute approximate surface area is 250 Å². The van der Waals surface area contributed by atoms with Crippen LogP contribution in [0.4, 0.5) is 28.0 Å². The minimum Gasteiger partial charge on any atom is -0.327 e. The minimum atomic E-state index is -4.48. The number of thioether (sulfide) groups is 1. The zero-order chi connectivity index (χ0) is 30.4. The Morgan fingerprint density at radius 1 is 0.860 bits per heavy atom. The molecular weight excluding hydrogens is 578 g/mol. The van der Waals surface area contributed by atoms with E-state index in [0.29, 0.717) is 23.2 Å². The van der Waals surface area contributed by atoms with Crippen LogP contribution in [0.15, 0.2) is 108 Å². The van der Waals surface area contributed by atoms with Gasteiger partial charge in [-0.25, -0.2) is 9.18 Å². The van der Waals surface area contributed by atoms with Crippen LogP contribution in [-0.2, 0) is 18.3 Å². The largest absolute Gasteiger partial charge is 0.416 e. The van der Waals surface area contributed by atoms with Crippen molar-refractivity contribution in [2.45, 2.75) is 36.5 Å². The van der Waals surface area contributed by atoms with E-state index in [1.54, 1.807) is 12.1 Å². The number of carbonyl (C=O) groups is 1. The number of amides is 2. The van der Waals surface area contributed by atoms with Gasteiger partial charge in [-0.1, -0.05) is 71.9 Å². The number of halogens is 4. The summed E-state index contributed by atoms with van der Waals surface area (Å²) in [4.78, 5) is 13.2. The van der Waals surface area contributed by atoms with Crippen molar-refractivity contribution in [3.05, 3.63) is 137 Å². The summed E-state index contributed by atoms with van der Waals surface area (Å²) in [6.07, 6.45) is -4.11. The number of urea groups is 1. The van der Waals surface area contributed by atoms with Crippen molar-refractivity contribution < 1.29 is 22.4 Å². The van der Waals surface area contributed by atoms with Gasteiger partial charge in [0, 0.05) is 23.5 Å². The molecule has 0 bridgehead atoms. The first-order valence-electron chi connectivity index (χ1n) is 13.3. The van der Waals surface area contributed by atoms with E-state index in [2.05, 4.69) is 20.8 Å². The maximum Gasteiger partial charge on any atom is 0.416 e. The second kappa shape index (κ2) is 13.1. The molecular formula is C32H27F4N5OS. The highest BCUT2D eigenvalue weighted by atomic mass is 32.2. The summed E-state index contributed by atoms with van der Waals surface area (Å²) in [5, 5.41) is 15.1. The van der Waals surface area contributed by atoms with Crippen LogP contribution in [-0.4, -0.2) is 20.8 Å². The van der Waals surface area contributed by atoms with E-state index in [1.165, 1.54) is 36.0 Å². The Hall–Kier alpha value is -4.64. The molecule has 1 heterocycles. The molecule has 6 nitrogen and oxygen atoms in total. The van der Waals surface area contributed by atoms with Crippen molar-refractivity contribution >= 4 is 23.5 Å². The average molecular weight is 606 g/mol. The highest BCUT2D eigenvalue weighted by Gasteiger charge is 2.30. The van der Waals surface area contributed by atoms with Crippen LogP contribution in [0.3, 0.4) is 0 Å². The zero-order valence-corrected chi connectivity index (χ0v) is 23.8. The standard InChI is InChI=1S/C32H27F4N5OS/c1-21-7-17-27(18-8-21)41-29(39-40-31(41)43-20-23-9-13-25(33)14-10-23)28(19-22-5-3-2-4-6-22)38-30(42)37-26-15-11-24(12-16-26)32(34,35)36/h2-18,28H,19-20H2,1H3,(H2,37,38,42)/t28-/m1/s1. The molecule has 0 aliphatic rings. The van der Waals surface area contributed by atoms with E-state index >= 15 is 0 Å². The molecule has 0 aliphatic heterocycles. The van der Waals surface area contributed by atoms with Crippen LogP contribution in [0.1, 0.15) is 34.1 Å². The summed E-state index contributed by atoms with van der Waals surface area (Å²) < 4.78 is 54.3. The lowest BCUT2D eigenvalue weighted by Crippen LogP contribution is -2.35. The van der Waals surface area contributed by atoms with Gasteiger partial charge in [0.15, 0.2) is 11.0 Å². The number of rotatable bonds is 9. The van der Waals surface area contributed by atoms with Crippen molar-refractivity contribution in [1.29, 1.82) is 0 Å². The van der Waals surface area contributed by atoms with Crippen molar-refractivity contribution in [3.63, 3.8) is 0 Å². The molecule has 2 N–H and O–H groups in total. The summed E-state index contributed by atoms with van der Waals surface area (Å²) in [5.74, 6) is 0.662. The molecule has 0 spiro atoms. The first-order valence-corrected chi connectivity index (χ1v) is 14.3. The van der Waals surface area contributed by atoms with Gasteiger partial charge in [0.25, 0.3) is 0 Å². The zero-order valence-electron chi connectivity index (χ0n) is 23.0. The Balaban J connectivity index is 1.46. The topological polar surface area (TPSA) is 71.8 Å². The molecule has 1 aromatic heterocycles. The molecule has 220 valence electrons. The molecule has 0 radical (unpaired) electrons. The highest BCUT2D eigenvalue weighted by Crippen LogP contribution is 2.31. The second-order valence-corrected chi connectivity index (χ2v) is 10.8. The number of alkyl halides is 3. The molecule has 5 rings (SSSR count). The van der Waals surface area contributed by atoms with E-state index in [9.17, 15) is 22.4 Å². The Kier molecular flexibility index (Phi) is 9.10. The van der Waals surface area contributed by atoms with Crippen LogP contribution >= 0.6 is 11.8 Å². The van der Waals surface area contributed by atoms with Gasteiger partial charge in [-0.2, -0.15) is 13.2 Å². The number of nitrogens with zero attached hydrogens (tertiary/aromatic N) is 3. The van der Waals surface area contributed by atoms with Crippen molar-refractivity contribution in [1.82, 2.24) is 20.1 Å². The van der Waals surface area contributed by atoms with E-state index in [4.69, 9.17) is 0 Å². The molecule has 0 fully saturated rings. The number of benzene rings is 4. The molecule has 0 saturated heterocycles. The third-order valence-electron chi connectivity index (χ3n) is 6.60. The van der Waals surface area contributed by atoms with Crippen LogP contribution in [0.25, 0.3) is 5.69 Å². The average Bonchev–Trinajstić information content (AvgIpc) is 3.41. The maximum absolute atomic E-state index is 13.4. The van der Waals surface area contributed by atoms with Crippen molar-refractivity contribution in [3.8, 4) is 5.69 Å². The first kappa shape index (κ1) is 29.8. The van der Waals surface area contributed by atoms with Gasteiger partial charge in [0.1, 0.15) is 5.82 Å². The fourth-order valence-electron chi connectivity index (χ4n) is 4.39. The molecule has 43 heavy (non-hydrogen) atoms. The summed E-state index contributed by atoms with van der Waals surface area (Å²) in [5.41, 5.74) is 3.09. The number of anilines is 1. The number of carbonyl (C=O) groups excluding carboxylic acids is 1. The van der Waals surface area contributed by atoms with Crippen molar-refractivity contribution in [2.75, 3.05) is 5.32 Å². The van der Waals surface area contributed by atoms with Gasteiger partial charge >= 0.3 is 12.2 Å². The fraction of sp³-hybridized carbons (Fsp3) is 0.156. The third kappa shape index (κ3) is 7.81. The van der Waals surface area contributed by atoms with Crippen LogP contribution in [0.2, 0.25) is 0 Å². The molecule has 0 unspecified atom stereocenters. The monoisotopic (exact) mass is 605 g/mol. The SMILES string of the molecule is Cc1ccc(-n2c(SCc3ccc(F)cc3)nnc2[C@@H](Cc2ccccc2)NC(=O)Nc2ccc(C(F)(F)F)cc2)cc1. The molecule has 0 saturated carbocycles. The van der Waals surface area contributed by atoms with Gasteiger partial charge in [0.05, 0.1) is 11.6 Å². The lowest BCUT2D eigenvalue weighted by atomic mass is 10.1.